The number of rotatable bonds is 4. The van der Waals surface area contributed by atoms with E-state index in [1.807, 2.05) is 19.9 Å². The molecule has 0 atom stereocenters. The lowest BCUT2D eigenvalue weighted by atomic mass is 10.1. The van der Waals surface area contributed by atoms with E-state index in [1.165, 1.54) is 0 Å². The first kappa shape index (κ1) is 16.0. The molecule has 0 heterocycles. The van der Waals surface area contributed by atoms with Crippen LogP contribution in [0.4, 0.5) is 5.69 Å². The quantitative estimate of drug-likeness (QED) is 0.874. The van der Waals surface area contributed by atoms with Gasteiger partial charge in [0.25, 0.3) is 5.91 Å². The van der Waals surface area contributed by atoms with Gasteiger partial charge in [0.05, 0.1) is 16.3 Å². The normalized spacial score (nSPS) is 10.1. The molecule has 0 spiro atoms. The molecule has 0 fully saturated rings. The molecule has 0 aliphatic heterocycles. The van der Waals surface area contributed by atoms with Gasteiger partial charge < -0.3 is 10.1 Å². The van der Waals surface area contributed by atoms with Gasteiger partial charge in [-0.1, -0.05) is 35.9 Å². The average molecular weight is 318 g/mol. The molecule has 5 heteroatoms. The summed E-state index contributed by atoms with van der Waals surface area (Å²) in [5.74, 6) is -0.972. The summed E-state index contributed by atoms with van der Waals surface area (Å²) in [6.45, 7) is 3.41. The van der Waals surface area contributed by atoms with Crippen molar-refractivity contribution in [2.45, 2.75) is 13.8 Å². The molecule has 0 saturated heterocycles. The van der Waals surface area contributed by atoms with Crippen LogP contribution in [0.3, 0.4) is 0 Å². The van der Waals surface area contributed by atoms with E-state index < -0.39 is 11.9 Å². The molecule has 0 bridgehead atoms. The van der Waals surface area contributed by atoms with E-state index in [0.29, 0.717) is 16.3 Å². The molecule has 2 rings (SSSR count). The maximum absolute atomic E-state index is 11.9. The third-order valence-corrected chi connectivity index (χ3v) is 3.34. The number of esters is 1. The van der Waals surface area contributed by atoms with Crippen molar-refractivity contribution in [3.63, 3.8) is 0 Å². The van der Waals surface area contributed by atoms with Crippen molar-refractivity contribution in [1.82, 2.24) is 0 Å². The van der Waals surface area contributed by atoms with Crippen LogP contribution >= 0.6 is 11.6 Å². The van der Waals surface area contributed by atoms with Crippen LogP contribution in [0, 0.1) is 13.8 Å². The number of hydrogen-bond acceptors (Lipinski definition) is 3. The highest BCUT2D eigenvalue weighted by molar-refractivity contribution is 6.34. The second-order valence-corrected chi connectivity index (χ2v) is 5.34. The Balaban J connectivity index is 1.95. The molecule has 0 unspecified atom stereocenters. The van der Waals surface area contributed by atoms with Gasteiger partial charge in [0.15, 0.2) is 6.61 Å². The molecule has 0 aliphatic rings. The fraction of sp³-hybridized carbons (Fsp3) is 0.176. The van der Waals surface area contributed by atoms with E-state index in [1.54, 1.807) is 36.4 Å². The first-order chi connectivity index (χ1) is 10.5. The number of benzene rings is 2. The summed E-state index contributed by atoms with van der Waals surface area (Å²) in [5, 5.41) is 3.12. The number of nitrogens with one attached hydrogen (secondary N) is 1. The van der Waals surface area contributed by atoms with Crippen LogP contribution in [0.1, 0.15) is 21.5 Å². The van der Waals surface area contributed by atoms with Crippen molar-refractivity contribution in [2.24, 2.45) is 0 Å². The molecule has 22 heavy (non-hydrogen) atoms. The van der Waals surface area contributed by atoms with Gasteiger partial charge in [-0.05, 0) is 43.2 Å². The SMILES string of the molecule is Cc1cc(C)c(NC(=O)COC(=O)c2ccccc2)c(Cl)c1. The molecule has 1 N–H and O–H groups in total. The zero-order chi connectivity index (χ0) is 16.1. The van der Waals surface area contributed by atoms with Crippen LogP contribution in [0.15, 0.2) is 42.5 Å². The fourth-order valence-electron chi connectivity index (χ4n) is 2.04. The van der Waals surface area contributed by atoms with Gasteiger partial charge in [0.1, 0.15) is 0 Å². The smallest absolute Gasteiger partial charge is 0.338 e. The van der Waals surface area contributed by atoms with Crippen LogP contribution in [-0.2, 0) is 9.53 Å². The molecule has 1 amide bonds. The lowest BCUT2D eigenvalue weighted by molar-refractivity contribution is -0.119. The second-order valence-electron chi connectivity index (χ2n) is 4.93. The van der Waals surface area contributed by atoms with Crippen molar-refractivity contribution in [1.29, 1.82) is 0 Å². The molecule has 2 aromatic rings. The number of halogens is 1. The third-order valence-electron chi connectivity index (χ3n) is 3.04. The number of aryl methyl sites for hydroxylation is 2. The van der Waals surface area contributed by atoms with Crippen LogP contribution in [0.25, 0.3) is 0 Å². The van der Waals surface area contributed by atoms with E-state index in [9.17, 15) is 9.59 Å². The van der Waals surface area contributed by atoms with E-state index >= 15 is 0 Å². The first-order valence-electron chi connectivity index (χ1n) is 6.76. The van der Waals surface area contributed by atoms with Gasteiger partial charge in [-0.3, -0.25) is 4.79 Å². The van der Waals surface area contributed by atoms with Gasteiger partial charge in [-0.15, -0.1) is 0 Å². The number of hydrogen-bond donors (Lipinski definition) is 1. The number of carbonyl (C=O) groups excluding carboxylic acids is 2. The molecule has 0 saturated carbocycles. The minimum Gasteiger partial charge on any atom is -0.452 e. The maximum Gasteiger partial charge on any atom is 0.338 e. The molecule has 2 aromatic carbocycles. The van der Waals surface area contributed by atoms with E-state index in [4.69, 9.17) is 16.3 Å². The van der Waals surface area contributed by atoms with Gasteiger partial charge in [0.2, 0.25) is 0 Å². The molecule has 0 aliphatic carbocycles. The van der Waals surface area contributed by atoms with E-state index in [2.05, 4.69) is 5.32 Å². The summed E-state index contributed by atoms with van der Waals surface area (Å²) < 4.78 is 4.97. The van der Waals surface area contributed by atoms with Crippen LogP contribution in [0.5, 0.6) is 0 Å². The first-order valence-corrected chi connectivity index (χ1v) is 7.14. The predicted octanol–water partition coefficient (Wildman–Crippen LogP) is 3.75. The van der Waals surface area contributed by atoms with Gasteiger partial charge in [-0.25, -0.2) is 4.79 Å². The Morgan fingerprint density at radius 2 is 1.82 bits per heavy atom. The Kier molecular flexibility index (Phi) is 5.17. The van der Waals surface area contributed by atoms with Crippen molar-refractivity contribution in [3.8, 4) is 0 Å². The van der Waals surface area contributed by atoms with Crippen LogP contribution < -0.4 is 5.32 Å². The highest BCUT2D eigenvalue weighted by atomic mass is 35.5. The number of anilines is 1. The molecule has 114 valence electrons. The Bertz CT molecular complexity index is 675. The number of ether oxygens (including phenoxy) is 1. The van der Waals surface area contributed by atoms with Crippen LogP contribution in [0.2, 0.25) is 5.02 Å². The topological polar surface area (TPSA) is 55.4 Å². The highest BCUT2D eigenvalue weighted by Crippen LogP contribution is 2.27. The molecular formula is C17H16ClNO3. The Hall–Kier alpha value is -2.33. The summed E-state index contributed by atoms with van der Waals surface area (Å²) in [6, 6.07) is 12.2. The lowest BCUT2D eigenvalue weighted by Crippen LogP contribution is -2.21. The van der Waals surface area contributed by atoms with Crippen molar-refractivity contribution < 1.29 is 14.3 Å². The van der Waals surface area contributed by atoms with Crippen LogP contribution in [-0.4, -0.2) is 18.5 Å². The zero-order valence-corrected chi connectivity index (χ0v) is 13.1. The summed E-state index contributed by atoms with van der Waals surface area (Å²) in [5.41, 5.74) is 2.80. The average Bonchev–Trinajstić information content (AvgIpc) is 2.49. The number of amides is 1. The summed E-state index contributed by atoms with van der Waals surface area (Å²) in [7, 11) is 0. The summed E-state index contributed by atoms with van der Waals surface area (Å²) in [4.78, 5) is 23.6. The molecule has 0 aromatic heterocycles. The third kappa shape index (κ3) is 4.09. The Labute approximate surface area is 134 Å². The van der Waals surface area contributed by atoms with Gasteiger partial charge in [0, 0.05) is 0 Å². The predicted molar refractivity (Wildman–Crippen MR) is 86.3 cm³/mol. The number of carbonyl (C=O) groups is 2. The Morgan fingerprint density at radius 3 is 2.45 bits per heavy atom. The summed E-state index contributed by atoms with van der Waals surface area (Å²) >= 11 is 6.11. The van der Waals surface area contributed by atoms with Crippen molar-refractivity contribution in [2.75, 3.05) is 11.9 Å². The van der Waals surface area contributed by atoms with Gasteiger partial charge >= 0.3 is 5.97 Å². The van der Waals surface area contributed by atoms with Gasteiger partial charge in [-0.2, -0.15) is 0 Å². The monoisotopic (exact) mass is 317 g/mol. The Morgan fingerprint density at radius 1 is 1.14 bits per heavy atom. The zero-order valence-electron chi connectivity index (χ0n) is 12.4. The molecule has 4 nitrogen and oxygen atoms in total. The molecule has 0 radical (unpaired) electrons. The second kappa shape index (κ2) is 7.09. The van der Waals surface area contributed by atoms with E-state index in [-0.39, 0.29) is 6.61 Å². The summed E-state index contributed by atoms with van der Waals surface area (Å²) in [6.07, 6.45) is 0. The maximum atomic E-state index is 11.9. The minimum absolute atomic E-state index is 0.364. The standard InChI is InChI=1S/C17H16ClNO3/c1-11-8-12(2)16(14(18)9-11)19-15(20)10-22-17(21)13-6-4-3-5-7-13/h3-9H,10H2,1-2H3,(H,19,20). The minimum atomic E-state index is -0.539. The fourth-order valence-corrected chi connectivity index (χ4v) is 2.41. The lowest BCUT2D eigenvalue weighted by Gasteiger charge is -2.11. The largest absolute Gasteiger partial charge is 0.452 e. The molecular weight excluding hydrogens is 302 g/mol. The highest BCUT2D eigenvalue weighted by Gasteiger charge is 2.12. The van der Waals surface area contributed by atoms with Crippen molar-refractivity contribution in [3.05, 3.63) is 64.2 Å². The van der Waals surface area contributed by atoms with E-state index in [0.717, 1.165) is 11.1 Å². The van der Waals surface area contributed by atoms with Crippen molar-refractivity contribution >= 4 is 29.2 Å².